The average Bonchev–Trinajstić information content (AvgIpc) is 2.65. The Labute approximate surface area is 163 Å². The van der Waals surface area contributed by atoms with Crippen LogP contribution in [0.25, 0.3) is 0 Å². The molecule has 0 unspecified atom stereocenters. The van der Waals surface area contributed by atoms with Gasteiger partial charge in [0, 0.05) is 0 Å². The van der Waals surface area contributed by atoms with Crippen LogP contribution in [-0.4, -0.2) is 24.0 Å². The van der Waals surface area contributed by atoms with Gasteiger partial charge in [-0.1, -0.05) is 71.9 Å². The van der Waals surface area contributed by atoms with Crippen molar-refractivity contribution in [1.29, 1.82) is 0 Å². The second-order valence-electron chi connectivity index (χ2n) is 5.53. The van der Waals surface area contributed by atoms with Gasteiger partial charge >= 0.3 is 16.5 Å². The maximum absolute atomic E-state index is 12.3. The molecule has 0 amide bonds. The molecule has 24 heavy (non-hydrogen) atoms. The molecule has 1 aliphatic heterocycles. The normalized spacial score (nSPS) is 16.1. The summed E-state index contributed by atoms with van der Waals surface area (Å²) in [5, 5.41) is 0. The van der Waals surface area contributed by atoms with Crippen molar-refractivity contribution in [2.45, 2.75) is 28.6 Å². The molecule has 0 aromatic carbocycles. The molecular formula is C14H12Cl5NO4. The molecule has 0 fully saturated rings. The van der Waals surface area contributed by atoms with Gasteiger partial charge in [-0.2, -0.15) is 0 Å². The first-order valence-corrected chi connectivity index (χ1v) is 8.63. The average molecular weight is 436 g/mol. The van der Waals surface area contributed by atoms with Gasteiger partial charge in [-0.15, -0.1) is 0 Å². The summed E-state index contributed by atoms with van der Waals surface area (Å²) in [6.07, 6.45) is 0.294. The van der Waals surface area contributed by atoms with E-state index in [0.29, 0.717) is 6.42 Å². The van der Waals surface area contributed by atoms with Gasteiger partial charge in [-0.3, -0.25) is 0 Å². The second-order valence-corrected chi connectivity index (χ2v) is 9.07. The van der Waals surface area contributed by atoms with Gasteiger partial charge in [0.25, 0.3) is 0 Å². The van der Waals surface area contributed by atoms with E-state index in [-0.39, 0.29) is 34.0 Å². The lowest BCUT2D eigenvalue weighted by atomic mass is 9.92. The zero-order valence-electron chi connectivity index (χ0n) is 12.8. The first-order valence-electron chi connectivity index (χ1n) is 6.74. The van der Waals surface area contributed by atoms with Crippen LogP contribution in [0.4, 0.5) is 0 Å². The van der Waals surface area contributed by atoms with E-state index in [1.54, 1.807) is 0 Å². The highest BCUT2D eigenvalue weighted by molar-refractivity contribution is 6.66. The van der Waals surface area contributed by atoms with Crippen molar-refractivity contribution in [3.05, 3.63) is 28.1 Å². The predicted molar refractivity (Wildman–Crippen MR) is 92.2 cm³/mol. The highest BCUT2D eigenvalue weighted by Crippen LogP contribution is 2.48. The van der Waals surface area contributed by atoms with Gasteiger partial charge in [0.05, 0.1) is 18.2 Å². The molecule has 0 atom stereocenters. The minimum absolute atomic E-state index is 0.00731. The summed E-state index contributed by atoms with van der Waals surface area (Å²) in [5.41, 5.74) is -0.172. The lowest BCUT2D eigenvalue weighted by Crippen LogP contribution is -2.22. The standard InChI is InChI=1S/C14H12Cl5NO4/c1-5(2)4-6-7(11(21)23-3)9(13(15,16)17)20-10-8(6)12(22)24-14(10,18)19/h5H,4H2,1-3H3. The van der Waals surface area contributed by atoms with Gasteiger partial charge in [0.2, 0.25) is 3.79 Å². The number of methoxy groups -OCH3 is 1. The van der Waals surface area contributed by atoms with E-state index in [0.717, 1.165) is 0 Å². The Kier molecular flexibility index (Phi) is 5.54. The number of hydrogen-bond donors (Lipinski definition) is 0. The van der Waals surface area contributed by atoms with Crippen LogP contribution in [0.1, 0.15) is 51.5 Å². The van der Waals surface area contributed by atoms with Crippen molar-refractivity contribution in [3.8, 4) is 0 Å². The van der Waals surface area contributed by atoms with Gasteiger partial charge in [-0.25, -0.2) is 14.6 Å². The number of pyridine rings is 1. The maximum Gasteiger partial charge on any atom is 0.343 e. The van der Waals surface area contributed by atoms with Crippen molar-refractivity contribution in [2.75, 3.05) is 7.11 Å². The number of ether oxygens (including phenoxy) is 2. The second kappa shape index (κ2) is 6.69. The van der Waals surface area contributed by atoms with E-state index in [4.69, 9.17) is 67.5 Å². The Bertz CT molecular complexity index is 712. The van der Waals surface area contributed by atoms with Crippen LogP contribution in [0.3, 0.4) is 0 Å². The molecule has 0 spiro atoms. The van der Waals surface area contributed by atoms with Crippen LogP contribution in [0.5, 0.6) is 0 Å². The predicted octanol–water partition coefficient (Wildman–Crippen LogP) is 4.65. The number of halogens is 5. The quantitative estimate of drug-likeness (QED) is 0.511. The number of nitrogens with zero attached hydrogens (tertiary/aromatic N) is 1. The molecule has 132 valence electrons. The van der Waals surface area contributed by atoms with Crippen LogP contribution in [0.2, 0.25) is 0 Å². The topological polar surface area (TPSA) is 65.5 Å². The molecule has 5 nitrogen and oxygen atoms in total. The van der Waals surface area contributed by atoms with Crippen molar-refractivity contribution in [1.82, 2.24) is 4.98 Å². The minimum atomic E-state index is -2.07. The monoisotopic (exact) mass is 433 g/mol. The van der Waals surface area contributed by atoms with Crippen molar-refractivity contribution < 1.29 is 19.1 Å². The first kappa shape index (κ1) is 19.9. The zero-order valence-corrected chi connectivity index (χ0v) is 16.5. The fourth-order valence-electron chi connectivity index (χ4n) is 2.42. The third kappa shape index (κ3) is 3.56. The lowest BCUT2D eigenvalue weighted by molar-refractivity contribution is 0.0443. The zero-order chi connectivity index (χ0) is 18.4. The first-order chi connectivity index (χ1) is 10.9. The van der Waals surface area contributed by atoms with E-state index in [1.165, 1.54) is 7.11 Å². The summed E-state index contributed by atoms with van der Waals surface area (Å²) >= 11 is 29.9. The Balaban J connectivity index is 2.94. The van der Waals surface area contributed by atoms with Gasteiger partial charge in [0.15, 0.2) is 0 Å². The molecule has 0 saturated heterocycles. The van der Waals surface area contributed by atoms with Crippen molar-refractivity contribution in [2.24, 2.45) is 5.92 Å². The molecule has 1 aliphatic rings. The van der Waals surface area contributed by atoms with Crippen LogP contribution >= 0.6 is 58.0 Å². The summed E-state index contributed by atoms with van der Waals surface area (Å²) in [6, 6.07) is 0. The van der Waals surface area contributed by atoms with Crippen LogP contribution < -0.4 is 0 Å². The number of carbonyl (C=O) groups is 2. The van der Waals surface area contributed by atoms with Crippen LogP contribution in [0, 0.1) is 5.92 Å². The third-order valence-corrected chi connectivity index (χ3v) is 4.32. The molecule has 2 heterocycles. The van der Waals surface area contributed by atoms with Gasteiger partial charge in [-0.05, 0) is 17.9 Å². The van der Waals surface area contributed by atoms with E-state index >= 15 is 0 Å². The Morgan fingerprint density at radius 2 is 1.92 bits per heavy atom. The summed E-state index contributed by atoms with van der Waals surface area (Å²) in [5.74, 6) is -1.55. The molecule has 1 aromatic rings. The smallest absolute Gasteiger partial charge is 0.343 e. The molecule has 0 bridgehead atoms. The molecule has 0 N–H and O–H groups in total. The van der Waals surface area contributed by atoms with Gasteiger partial charge < -0.3 is 9.47 Å². The number of alkyl halides is 5. The van der Waals surface area contributed by atoms with E-state index in [1.807, 2.05) is 13.8 Å². The number of rotatable bonds is 3. The fourth-order valence-corrected chi connectivity index (χ4v) is 3.24. The number of fused-ring (bicyclic) bond motifs is 1. The van der Waals surface area contributed by atoms with Crippen molar-refractivity contribution >= 4 is 69.9 Å². The number of cyclic esters (lactones) is 1. The fraction of sp³-hybridized carbons (Fsp3) is 0.500. The largest absolute Gasteiger partial charge is 0.465 e. The van der Waals surface area contributed by atoms with Crippen molar-refractivity contribution in [3.63, 3.8) is 0 Å². The molecule has 10 heteroatoms. The number of esters is 2. The summed E-state index contributed by atoms with van der Waals surface area (Å²) in [7, 11) is 1.17. The summed E-state index contributed by atoms with van der Waals surface area (Å²) in [4.78, 5) is 28.6. The Hall–Kier alpha value is -0.460. The third-order valence-electron chi connectivity index (χ3n) is 3.27. The number of carbonyl (C=O) groups excluding carboxylic acids is 2. The minimum Gasteiger partial charge on any atom is -0.465 e. The molecule has 1 aromatic heterocycles. The number of hydrogen-bond acceptors (Lipinski definition) is 5. The highest BCUT2D eigenvalue weighted by atomic mass is 35.6. The molecule has 0 radical (unpaired) electrons. The molecular weight excluding hydrogens is 423 g/mol. The molecule has 0 saturated carbocycles. The Morgan fingerprint density at radius 3 is 2.38 bits per heavy atom. The number of aromatic nitrogens is 1. The molecule has 2 rings (SSSR count). The Morgan fingerprint density at radius 1 is 1.33 bits per heavy atom. The van der Waals surface area contributed by atoms with Gasteiger partial charge in [0.1, 0.15) is 11.4 Å². The summed E-state index contributed by atoms with van der Waals surface area (Å²) in [6.45, 7) is 3.77. The van der Waals surface area contributed by atoms with E-state index < -0.39 is 20.3 Å². The van der Waals surface area contributed by atoms with E-state index in [2.05, 4.69) is 4.98 Å². The van der Waals surface area contributed by atoms with Crippen LogP contribution in [0.15, 0.2) is 0 Å². The van der Waals surface area contributed by atoms with Crippen LogP contribution in [-0.2, 0) is 24.2 Å². The lowest BCUT2D eigenvalue weighted by Gasteiger charge is -2.21. The SMILES string of the molecule is COC(=O)c1c(C(Cl)(Cl)Cl)nc2c(c1CC(C)C)C(=O)OC2(Cl)Cl. The van der Waals surface area contributed by atoms with E-state index in [9.17, 15) is 9.59 Å². The maximum atomic E-state index is 12.3. The highest BCUT2D eigenvalue weighted by Gasteiger charge is 2.49. The summed E-state index contributed by atoms with van der Waals surface area (Å²) < 4.78 is 5.59. The molecule has 0 aliphatic carbocycles.